The number of aryl methyl sites for hydroxylation is 1. The van der Waals surface area contributed by atoms with Crippen molar-refractivity contribution in [3.8, 4) is 0 Å². The fourth-order valence-corrected chi connectivity index (χ4v) is 6.33. The number of nitrogens with one attached hydrogen (secondary N) is 3. The van der Waals surface area contributed by atoms with E-state index in [4.69, 9.17) is 9.47 Å². The van der Waals surface area contributed by atoms with Gasteiger partial charge in [-0.15, -0.1) is 0 Å². The molecule has 3 aromatic rings. The number of amides is 2. The number of hydrogen-bond donors (Lipinski definition) is 3. The van der Waals surface area contributed by atoms with Crippen molar-refractivity contribution in [3.63, 3.8) is 0 Å². The molecule has 0 unspecified atom stereocenters. The van der Waals surface area contributed by atoms with E-state index in [2.05, 4.69) is 30.9 Å². The van der Waals surface area contributed by atoms with Crippen molar-refractivity contribution in [2.24, 2.45) is 5.92 Å². The summed E-state index contributed by atoms with van der Waals surface area (Å²) in [6, 6.07) is 3.45. The second kappa shape index (κ2) is 9.18. The predicted octanol–water partition coefficient (Wildman–Crippen LogP) is 2.84. The third kappa shape index (κ3) is 4.38. The van der Waals surface area contributed by atoms with E-state index >= 15 is 4.39 Å². The van der Waals surface area contributed by atoms with Gasteiger partial charge in [-0.2, -0.15) is 10.2 Å². The lowest BCUT2D eigenvalue weighted by Crippen LogP contribution is -2.68. The molecular formula is C26H31FN8O4. The second-order valence-electron chi connectivity index (χ2n) is 11.3. The van der Waals surface area contributed by atoms with Crippen LogP contribution in [-0.4, -0.2) is 85.8 Å². The maximum absolute atomic E-state index is 15.3. The molecule has 3 N–H and O–H groups in total. The molecule has 1 aliphatic heterocycles. The number of alkyl halides is 1. The summed E-state index contributed by atoms with van der Waals surface area (Å²) < 4.78 is 27.8. The van der Waals surface area contributed by atoms with E-state index in [1.165, 1.54) is 0 Å². The lowest BCUT2D eigenvalue weighted by molar-refractivity contribution is -0.0532. The number of anilines is 2. The monoisotopic (exact) mass is 538 g/mol. The van der Waals surface area contributed by atoms with Crippen molar-refractivity contribution in [1.29, 1.82) is 0 Å². The number of halogens is 1. The molecule has 39 heavy (non-hydrogen) atoms. The predicted molar refractivity (Wildman–Crippen MR) is 137 cm³/mol. The van der Waals surface area contributed by atoms with Gasteiger partial charge in [0.05, 0.1) is 25.1 Å². The van der Waals surface area contributed by atoms with Gasteiger partial charge in [0.15, 0.2) is 17.3 Å². The number of morpholine rings is 1. The quantitative estimate of drug-likeness (QED) is 0.436. The van der Waals surface area contributed by atoms with Gasteiger partial charge in [0, 0.05) is 42.4 Å². The highest BCUT2D eigenvalue weighted by Crippen LogP contribution is 2.57. The summed E-state index contributed by atoms with van der Waals surface area (Å²) in [4.78, 5) is 31.6. The zero-order chi connectivity index (χ0) is 26.7. The molecule has 0 aromatic carbocycles. The van der Waals surface area contributed by atoms with E-state index in [9.17, 15) is 9.59 Å². The minimum absolute atomic E-state index is 0.100. The first-order valence-corrected chi connectivity index (χ1v) is 13.6. The van der Waals surface area contributed by atoms with Gasteiger partial charge in [-0.05, 0) is 44.9 Å². The number of H-pyrrole nitrogens is 1. The number of ether oxygens (including phenoxy) is 2. The van der Waals surface area contributed by atoms with Crippen LogP contribution in [0.2, 0.25) is 0 Å². The normalized spacial score (nSPS) is 29.5. The molecule has 4 heterocycles. The third-order valence-electron chi connectivity index (χ3n) is 8.50. The standard InChI is InChI=1S/C26H31FN8O4/c1-14-13-35-19(8-18(33-35)24(36)34-4-6-38-7-5-34)23(28-14)29-21-9-17(31-32-21)16-2-3-20(22(16)27)39-25(37)30-26-10-15(11-26)12-26/h8-9,13,15-16,20,22H,2-7,10-12H2,1H3,(H,30,37)(H2,28,29,31,32)/t15?,16-,20-,22+,26?/m1/s1. The fourth-order valence-electron chi connectivity index (χ4n) is 6.33. The highest BCUT2D eigenvalue weighted by molar-refractivity contribution is 5.94. The number of rotatable bonds is 6. The fraction of sp³-hybridized carbons (Fsp3) is 0.577. The van der Waals surface area contributed by atoms with Crippen molar-refractivity contribution in [3.05, 3.63) is 35.4 Å². The van der Waals surface area contributed by atoms with Gasteiger partial charge in [0.1, 0.15) is 17.8 Å². The van der Waals surface area contributed by atoms with Gasteiger partial charge in [-0.25, -0.2) is 18.7 Å². The molecular weight excluding hydrogens is 507 g/mol. The Hall–Kier alpha value is -3.74. The number of hydrogen-bond acceptors (Lipinski definition) is 8. The molecule has 1 saturated heterocycles. The molecule has 0 spiro atoms. The smallest absolute Gasteiger partial charge is 0.407 e. The molecule has 12 nitrogen and oxygen atoms in total. The summed E-state index contributed by atoms with van der Waals surface area (Å²) in [6.45, 7) is 3.91. The summed E-state index contributed by atoms with van der Waals surface area (Å²) in [6.07, 6.45) is 3.13. The second-order valence-corrected chi connectivity index (χ2v) is 11.3. The van der Waals surface area contributed by atoms with E-state index < -0.39 is 24.3 Å². The molecule has 0 radical (unpaired) electrons. The summed E-state index contributed by atoms with van der Waals surface area (Å²) in [5.74, 6) is 1.07. The van der Waals surface area contributed by atoms with E-state index in [1.54, 1.807) is 27.7 Å². The van der Waals surface area contributed by atoms with Crippen molar-refractivity contribution in [2.75, 3.05) is 31.6 Å². The zero-order valence-corrected chi connectivity index (χ0v) is 21.7. The third-order valence-corrected chi connectivity index (χ3v) is 8.50. The van der Waals surface area contributed by atoms with Gasteiger partial charge < -0.3 is 25.0 Å². The lowest BCUT2D eigenvalue weighted by Gasteiger charge is -2.61. The Kier molecular flexibility index (Phi) is 5.72. The number of nitrogens with zero attached hydrogens (tertiary/aromatic N) is 5. The van der Waals surface area contributed by atoms with Gasteiger partial charge in [-0.3, -0.25) is 9.89 Å². The first-order chi connectivity index (χ1) is 18.9. The molecule has 4 saturated carbocycles. The highest BCUT2D eigenvalue weighted by Gasteiger charge is 2.58. The summed E-state index contributed by atoms with van der Waals surface area (Å²) >= 11 is 0. The van der Waals surface area contributed by atoms with Crippen LogP contribution in [0.3, 0.4) is 0 Å². The van der Waals surface area contributed by atoms with Crippen LogP contribution in [0.15, 0.2) is 18.3 Å². The van der Waals surface area contributed by atoms with Gasteiger partial charge in [0.2, 0.25) is 0 Å². The maximum Gasteiger partial charge on any atom is 0.407 e. The minimum atomic E-state index is -1.33. The van der Waals surface area contributed by atoms with Crippen LogP contribution in [0.4, 0.5) is 20.8 Å². The van der Waals surface area contributed by atoms with Crippen LogP contribution in [-0.2, 0) is 9.47 Å². The van der Waals surface area contributed by atoms with Crippen molar-refractivity contribution in [1.82, 2.24) is 35.0 Å². The van der Waals surface area contributed by atoms with Crippen molar-refractivity contribution < 1.29 is 23.5 Å². The lowest BCUT2D eigenvalue weighted by atomic mass is 9.50. The Morgan fingerprint density at radius 1 is 1.21 bits per heavy atom. The number of fused-ring (bicyclic) bond motifs is 1. The molecule has 8 rings (SSSR count). The Labute approximate surface area is 223 Å². The molecule has 13 heteroatoms. The molecule has 206 valence electrons. The van der Waals surface area contributed by atoms with E-state index in [0.717, 1.165) is 25.2 Å². The molecule has 5 fully saturated rings. The molecule has 3 aromatic heterocycles. The summed E-state index contributed by atoms with van der Waals surface area (Å²) in [5, 5.41) is 17.9. The maximum atomic E-state index is 15.3. The minimum Gasteiger partial charge on any atom is -0.443 e. The first-order valence-electron chi connectivity index (χ1n) is 13.6. The molecule has 2 bridgehead atoms. The Morgan fingerprint density at radius 3 is 2.74 bits per heavy atom. The van der Waals surface area contributed by atoms with Crippen LogP contribution in [0, 0.1) is 12.8 Å². The number of aromatic amines is 1. The van der Waals surface area contributed by atoms with E-state index in [-0.39, 0.29) is 11.4 Å². The Bertz CT molecular complexity index is 1420. The SMILES string of the molecule is Cc1cn2nc(C(=O)N3CCOCC3)cc2c(Nc2cc([C@H]3CC[C@@H](OC(=O)NC45CC(C4)C5)[C@H]3F)[nH]n2)n1. The van der Waals surface area contributed by atoms with Crippen LogP contribution >= 0.6 is 0 Å². The average Bonchev–Trinajstić information content (AvgIpc) is 3.60. The number of aromatic nitrogens is 5. The van der Waals surface area contributed by atoms with Crippen molar-refractivity contribution in [2.45, 2.75) is 62.8 Å². The Balaban J connectivity index is 1.03. The molecule has 3 atom stereocenters. The van der Waals surface area contributed by atoms with E-state index in [0.29, 0.717) is 73.4 Å². The van der Waals surface area contributed by atoms with Crippen LogP contribution < -0.4 is 10.6 Å². The highest BCUT2D eigenvalue weighted by atomic mass is 19.1. The Morgan fingerprint density at radius 2 is 2.00 bits per heavy atom. The largest absolute Gasteiger partial charge is 0.443 e. The number of carbonyl (C=O) groups is 2. The van der Waals surface area contributed by atoms with Gasteiger partial charge in [0.25, 0.3) is 5.91 Å². The number of alkyl carbamates (subject to hydrolysis) is 1. The number of carbonyl (C=O) groups excluding carboxylic acids is 2. The summed E-state index contributed by atoms with van der Waals surface area (Å²) in [5.41, 5.74) is 2.17. The molecule has 5 aliphatic rings. The average molecular weight is 539 g/mol. The van der Waals surface area contributed by atoms with Crippen molar-refractivity contribution >= 4 is 29.2 Å². The van der Waals surface area contributed by atoms with Crippen LogP contribution in [0.1, 0.15) is 59.9 Å². The van der Waals surface area contributed by atoms with Gasteiger partial charge >= 0.3 is 6.09 Å². The van der Waals surface area contributed by atoms with Crippen LogP contribution in [0.25, 0.3) is 5.52 Å². The van der Waals surface area contributed by atoms with Gasteiger partial charge in [-0.1, -0.05) is 0 Å². The molecule has 4 aliphatic carbocycles. The first kappa shape index (κ1) is 24.3. The van der Waals surface area contributed by atoms with E-state index in [1.807, 2.05) is 6.92 Å². The summed E-state index contributed by atoms with van der Waals surface area (Å²) in [7, 11) is 0. The van der Waals surface area contributed by atoms with Crippen LogP contribution in [0.5, 0.6) is 0 Å². The topological polar surface area (TPSA) is 139 Å². The zero-order valence-electron chi connectivity index (χ0n) is 21.7. The molecule has 2 amide bonds.